The maximum atomic E-state index is 13.3. The molecule has 2 aromatic carbocycles. The van der Waals surface area contributed by atoms with Crippen LogP contribution in [0.1, 0.15) is 47.1 Å². The van der Waals surface area contributed by atoms with E-state index in [-0.39, 0.29) is 17.8 Å². The first kappa shape index (κ1) is 17.3. The third-order valence-electron chi connectivity index (χ3n) is 4.98. The Bertz CT molecular complexity index is 953. The zero-order chi connectivity index (χ0) is 18.8. The number of aromatic nitrogens is 4. The molecule has 1 saturated heterocycles. The Labute approximate surface area is 156 Å². The van der Waals surface area contributed by atoms with Crippen molar-refractivity contribution in [2.75, 3.05) is 6.54 Å². The fourth-order valence-corrected chi connectivity index (χ4v) is 3.61. The Balaban J connectivity index is 1.64. The van der Waals surface area contributed by atoms with Gasteiger partial charge in [0.25, 0.3) is 5.91 Å². The van der Waals surface area contributed by atoms with Crippen LogP contribution in [0.2, 0.25) is 0 Å². The van der Waals surface area contributed by atoms with Crippen LogP contribution >= 0.6 is 0 Å². The molecule has 0 N–H and O–H groups in total. The van der Waals surface area contributed by atoms with Gasteiger partial charge in [-0.25, -0.2) is 4.39 Å². The lowest BCUT2D eigenvalue weighted by Crippen LogP contribution is -2.38. The quantitative estimate of drug-likeness (QED) is 0.713. The molecule has 0 radical (unpaired) electrons. The van der Waals surface area contributed by atoms with Crippen molar-refractivity contribution < 1.29 is 9.18 Å². The Hall–Kier alpha value is -3.09. The number of nitrogens with zero attached hydrogens (tertiary/aromatic N) is 5. The molecule has 138 valence electrons. The number of aryl methyl sites for hydroxylation is 1. The molecule has 0 spiro atoms. The summed E-state index contributed by atoms with van der Waals surface area (Å²) in [6.45, 7) is 2.50. The van der Waals surface area contributed by atoms with Crippen LogP contribution in [0.5, 0.6) is 0 Å². The lowest BCUT2D eigenvalue weighted by molar-refractivity contribution is 0.0611. The summed E-state index contributed by atoms with van der Waals surface area (Å²) in [5, 5.41) is 11.5. The number of halogens is 1. The second-order valence-corrected chi connectivity index (χ2v) is 6.75. The van der Waals surface area contributed by atoms with Crippen molar-refractivity contribution in [1.29, 1.82) is 0 Å². The van der Waals surface area contributed by atoms with E-state index in [1.165, 1.54) is 12.1 Å². The Kier molecular flexibility index (Phi) is 4.66. The minimum atomic E-state index is -0.267. The molecular weight excluding hydrogens is 345 g/mol. The van der Waals surface area contributed by atoms with Gasteiger partial charge in [0.1, 0.15) is 5.82 Å². The van der Waals surface area contributed by atoms with Crippen LogP contribution in [-0.2, 0) is 0 Å². The number of likely N-dealkylation sites (tertiary alicyclic amines) is 1. The molecule has 0 bridgehead atoms. The summed E-state index contributed by atoms with van der Waals surface area (Å²) in [6, 6.07) is 13.7. The minimum Gasteiger partial charge on any atom is -0.332 e. The number of carbonyl (C=O) groups excluding carboxylic acids is 1. The van der Waals surface area contributed by atoms with Crippen LogP contribution in [0, 0.1) is 12.7 Å². The molecular formula is C20H20FN5O. The van der Waals surface area contributed by atoms with Gasteiger partial charge < -0.3 is 4.90 Å². The number of rotatable bonds is 3. The fraction of sp³-hybridized carbons (Fsp3) is 0.300. The normalized spacial score (nSPS) is 17.1. The van der Waals surface area contributed by atoms with E-state index in [9.17, 15) is 9.18 Å². The molecule has 2 heterocycles. The molecule has 1 amide bonds. The summed E-state index contributed by atoms with van der Waals surface area (Å²) in [4.78, 5) is 15.1. The first-order valence-electron chi connectivity index (χ1n) is 9.05. The smallest absolute Gasteiger partial charge is 0.254 e. The van der Waals surface area contributed by atoms with Crippen molar-refractivity contribution in [2.45, 2.75) is 32.2 Å². The monoisotopic (exact) mass is 365 g/mol. The van der Waals surface area contributed by atoms with Gasteiger partial charge in [0.05, 0.1) is 11.7 Å². The number of piperidine rings is 1. The molecule has 1 aliphatic heterocycles. The van der Waals surface area contributed by atoms with E-state index in [1.54, 1.807) is 16.8 Å². The summed E-state index contributed by atoms with van der Waals surface area (Å²) >= 11 is 0. The summed E-state index contributed by atoms with van der Waals surface area (Å²) in [6.07, 6.45) is 2.90. The summed E-state index contributed by atoms with van der Waals surface area (Å²) in [7, 11) is 0. The molecule has 4 rings (SSSR count). The van der Waals surface area contributed by atoms with Crippen LogP contribution in [-0.4, -0.2) is 37.6 Å². The molecule has 1 fully saturated rings. The summed E-state index contributed by atoms with van der Waals surface area (Å²) in [5.74, 6) is 0.357. The van der Waals surface area contributed by atoms with E-state index in [2.05, 4.69) is 15.5 Å². The van der Waals surface area contributed by atoms with Gasteiger partial charge in [0, 0.05) is 12.1 Å². The van der Waals surface area contributed by atoms with Crippen LogP contribution in [0.3, 0.4) is 0 Å². The number of tetrazole rings is 1. The highest BCUT2D eigenvalue weighted by molar-refractivity contribution is 5.95. The fourth-order valence-electron chi connectivity index (χ4n) is 3.61. The van der Waals surface area contributed by atoms with E-state index >= 15 is 0 Å². The second-order valence-electron chi connectivity index (χ2n) is 6.75. The van der Waals surface area contributed by atoms with Gasteiger partial charge in [-0.3, -0.25) is 4.79 Å². The van der Waals surface area contributed by atoms with Gasteiger partial charge in [-0.15, -0.1) is 5.10 Å². The first-order chi connectivity index (χ1) is 13.1. The van der Waals surface area contributed by atoms with Gasteiger partial charge >= 0.3 is 0 Å². The van der Waals surface area contributed by atoms with Crippen molar-refractivity contribution in [1.82, 2.24) is 25.1 Å². The second kappa shape index (κ2) is 7.26. The highest BCUT2D eigenvalue weighted by Crippen LogP contribution is 2.32. The topological polar surface area (TPSA) is 63.9 Å². The average molecular weight is 365 g/mol. The summed E-state index contributed by atoms with van der Waals surface area (Å²) in [5.41, 5.74) is 2.31. The minimum absolute atomic E-state index is 0.0309. The van der Waals surface area contributed by atoms with Crippen LogP contribution < -0.4 is 0 Å². The molecule has 6 nitrogen and oxygen atoms in total. The van der Waals surface area contributed by atoms with Crippen molar-refractivity contribution in [2.24, 2.45) is 0 Å². The Morgan fingerprint density at radius 1 is 1.15 bits per heavy atom. The molecule has 0 aliphatic carbocycles. The highest BCUT2D eigenvalue weighted by atomic mass is 19.1. The predicted octanol–water partition coefficient (Wildman–Crippen LogP) is 3.48. The van der Waals surface area contributed by atoms with Crippen LogP contribution in [0.15, 0.2) is 48.5 Å². The van der Waals surface area contributed by atoms with Gasteiger partial charge in [0.15, 0.2) is 5.82 Å². The van der Waals surface area contributed by atoms with E-state index < -0.39 is 0 Å². The largest absolute Gasteiger partial charge is 0.332 e. The maximum absolute atomic E-state index is 13.3. The van der Waals surface area contributed by atoms with Gasteiger partial charge in [-0.05, 0) is 72.5 Å². The third kappa shape index (κ3) is 3.45. The van der Waals surface area contributed by atoms with Gasteiger partial charge in [-0.2, -0.15) is 4.68 Å². The Morgan fingerprint density at radius 2 is 1.96 bits per heavy atom. The predicted molar refractivity (Wildman–Crippen MR) is 97.9 cm³/mol. The molecule has 27 heavy (non-hydrogen) atoms. The van der Waals surface area contributed by atoms with E-state index in [4.69, 9.17) is 0 Å². The average Bonchev–Trinajstić information content (AvgIpc) is 3.14. The van der Waals surface area contributed by atoms with E-state index in [0.29, 0.717) is 17.9 Å². The van der Waals surface area contributed by atoms with Crippen molar-refractivity contribution in [3.63, 3.8) is 0 Å². The summed E-state index contributed by atoms with van der Waals surface area (Å²) < 4.78 is 14.9. The van der Waals surface area contributed by atoms with Gasteiger partial charge in [-0.1, -0.05) is 18.2 Å². The zero-order valence-corrected chi connectivity index (χ0v) is 15.0. The van der Waals surface area contributed by atoms with Crippen molar-refractivity contribution in [3.8, 4) is 5.69 Å². The standard InChI is InChI=1S/C20H20FN5O/c1-14-22-23-24-26(14)18-6-4-5-16(13-18)20(27)25-12-3-2-7-19(25)15-8-10-17(21)11-9-15/h4-6,8-11,13,19H,2-3,7,12H2,1H3/t19-/m1/s1. The lowest BCUT2D eigenvalue weighted by Gasteiger charge is -2.36. The number of carbonyl (C=O) groups is 1. The van der Waals surface area contributed by atoms with Gasteiger partial charge in [0.2, 0.25) is 0 Å². The number of amides is 1. The van der Waals surface area contributed by atoms with Crippen LogP contribution in [0.4, 0.5) is 4.39 Å². The van der Waals surface area contributed by atoms with E-state index in [1.807, 2.05) is 36.1 Å². The third-order valence-corrected chi connectivity index (χ3v) is 4.98. The number of hydrogen-bond acceptors (Lipinski definition) is 4. The molecule has 0 unspecified atom stereocenters. The molecule has 0 saturated carbocycles. The molecule has 1 aromatic heterocycles. The molecule has 1 aliphatic rings. The lowest BCUT2D eigenvalue weighted by atomic mass is 9.94. The Morgan fingerprint density at radius 3 is 2.70 bits per heavy atom. The van der Waals surface area contributed by atoms with Crippen molar-refractivity contribution in [3.05, 3.63) is 71.3 Å². The number of hydrogen-bond donors (Lipinski definition) is 0. The highest BCUT2D eigenvalue weighted by Gasteiger charge is 2.29. The molecule has 7 heteroatoms. The molecule has 3 aromatic rings. The number of benzene rings is 2. The first-order valence-corrected chi connectivity index (χ1v) is 9.05. The van der Waals surface area contributed by atoms with Crippen LogP contribution in [0.25, 0.3) is 5.69 Å². The SMILES string of the molecule is Cc1nnnn1-c1cccc(C(=O)N2CCCC[C@@H]2c2ccc(F)cc2)c1. The van der Waals surface area contributed by atoms with E-state index in [0.717, 1.165) is 30.5 Å². The van der Waals surface area contributed by atoms with Crippen molar-refractivity contribution >= 4 is 5.91 Å². The molecule has 1 atom stereocenters. The maximum Gasteiger partial charge on any atom is 0.254 e. The zero-order valence-electron chi connectivity index (χ0n) is 15.0.